The van der Waals surface area contributed by atoms with Crippen molar-refractivity contribution in [2.24, 2.45) is 0 Å². The number of rotatable bonds is 7. The highest BCUT2D eigenvalue weighted by Gasteiger charge is 2.38. The largest absolute Gasteiger partial charge is 0.496 e. The van der Waals surface area contributed by atoms with Gasteiger partial charge in [0.1, 0.15) is 5.75 Å². The quantitative estimate of drug-likeness (QED) is 0.556. The molecule has 1 aliphatic rings. The van der Waals surface area contributed by atoms with Crippen molar-refractivity contribution in [2.75, 3.05) is 18.6 Å². The van der Waals surface area contributed by atoms with Crippen LogP contribution in [0.15, 0.2) is 60.7 Å². The second-order valence-corrected chi connectivity index (χ2v) is 7.47. The predicted octanol–water partition coefficient (Wildman–Crippen LogP) is 3.65. The molecule has 0 radical (unpaired) electrons. The first kappa shape index (κ1) is 21.3. The van der Waals surface area contributed by atoms with Crippen LogP contribution in [-0.2, 0) is 11.3 Å². The van der Waals surface area contributed by atoms with Crippen LogP contribution in [0, 0.1) is 6.92 Å². The highest BCUT2D eigenvalue weighted by atomic mass is 16.5. The number of hydrogen-bond donors (Lipinski definition) is 2. The topological polar surface area (TPSA) is 95.9 Å². The Hall–Kier alpha value is -3.97. The Balaban J connectivity index is 1.72. The molecular formula is C25H22N2O5. The summed E-state index contributed by atoms with van der Waals surface area (Å²) >= 11 is 0. The molecular weight excluding hydrogens is 408 g/mol. The van der Waals surface area contributed by atoms with E-state index in [0.717, 1.165) is 16.7 Å². The second-order valence-electron chi connectivity index (χ2n) is 7.47. The van der Waals surface area contributed by atoms with Gasteiger partial charge in [0.05, 0.1) is 30.5 Å². The van der Waals surface area contributed by atoms with Crippen LogP contribution >= 0.6 is 0 Å². The molecule has 0 fully saturated rings. The summed E-state index contributed by atoms with van der Waals surface area (Å²) in [5, 5.41) is 11.6. The minimum atomic E-state index is -0.990. The molecule has 0 saturated heterocycles. The number of carbonyl (C=O) groups excluding carboxylic acids is 2. The van der Waals surface area contributed by atoms with Gasteiger partial charge in [0.2, 0.25) is 0 Å². The lowest BCUT2D eigenvalue weighted by molar-refractivity contribution is -0.136. The van der Waals surface area contributed by atoms with E-state index in [1.54, 1.807) is 18.2 Å². The van der Waals surface area contributed by atoms with Crippen LogP contribution in [0.4, 0.5) is 5.69 Å². The van der Waals surface area contributed by atoms with Crippen LogP contribution in [0.1, 0.15) is 31.8 Å². The van der Waals surface area contributed by atoms with Crippen molar-refractivity contribution < 1.29 is 24.2 Å². The molecule has 1 aliphatic heterocycles. The van der Waals surface area contributed by atoms with Gasteiger partial charge < -0.3 is 15.2 Å². The fourth-order valence-corrected chi connectivity index (χ4v) is 3.96. The van der Waals surface area contributed by atoms with Crippen molar-refractivity contribution in [2.45, 2.75) is 13.5 Å². The maximum atomic E-state index is 13.3. The zero-order valence-corrected chi connectivity index (χ0v) is 17.7. The maximum absolute atomic E-state index is 13.3. The average molecular weight is 430 g/mol. The molecule has 162 valence electrons. The monoisotopic (exact) mass is 430 g/mol. The molecule has 0 saturated carbocycles. The SMILES string of the molecule is COc1cc2c(cc1CNCC(=O)O)C(=O)N(c1cccc(-c3ccccc3)c1C)C2=O. The predicted molar refractivity (Wildman–Crippen MR) is 120 cm³/mol. The molecule has 2 N–H and O–H groups in total. The van der Waals surface area contributed by atoms with Gasteiger partial charge in [0.25, 0.3) is 11.8 Å². The number of methoxy groups -OCH3 is 1. The standard InChI is InChI=1S/C25H22N2O5/c1-15-18(16-7-4-3-5-8-16)9-6-10-21(15)27-24(30)19-11-17(13-26-14-23(28)29)22(32-2)12-20(19)25(27)31/h3-12,26H,13-14H2,1-2H3,(H,28,29). The number of aliphatic carboxylic acids is 1. The third-order valence-electron chi connectivity index (χ3n) is 5.51. The number of nitrogens with one attached hydrogen (secondary N) is 1. The van der Waals surface area contributed by atoms with E-state index in [1.165, 1.54) is 12.0 Å². The minimum absolute atomic E-state index is 0.187. The summed E-state index contributed by atoms with van der Waals surface area (Å²) < 4.78 is 5.38. The van der Waals surface area contributed by atoms with Gasteiger partial charge in [0.15, 0.2) is 0 Å². The van der Waals surface area contributed by atoms with Crippen LogP contribution in [0.2, 0.25) is 0 Å². The lowest BCUT2D eigenvalue weighted by Crippen LogP contribution is -2.30. The molecule has 7 heteroatoms. The van der Waals surface area contributed by atoms with E-state index in [2.05, 4.69) is 5.32 Å². The van der Waals surface area contributed by atoms with Crippen LogP contribution in [0.25, 0.3) is 11.1 Å². The number of hydrogen-bond acceptors (Lipinski definition) is 5. The number of carboxylic acids is 1. The average Bonchev–Trinajstić information content (AvgIpc) is 3.03. The fraction of sp³-hybridized carbons (Fsp3) is 0.160. The molecule has 0 atom stereocenters. The molecule has 0 unspecified atom stereocenters. The third kappa shape index (κ3) is 3.74. The van der Waals surface area contributed by atoms with Gasteiger partial charge in [-0.1, -0.05) is 42.5 Å². The van der Waals surface area contributed by atoms with Crippen molar-refractivity contribution in [1.29, 1.82) is 0 Å². The van der Waals surface area contributed by atoms with E-state index < -0.39 is 17.8 Å². The molecule has 32 heavy (non-hydrogen) atoms. The smallest absolute Gasteiger partial charge is 0.317 e. The Morgan fingerprint density at radius 1 is 0.969 bits per heavy atom. The van der Waals surface area contributed by atoms with E-state index in [9.17, 15) is 14.4 Å². The Morgan fingerprint density at radius 2 is 1.66 bits per heavy atom. The molecule has 7 nitrogen and oxygen atoms in total. The van der Waals surface area contributed by atoms with Gasteiger partial charge >= 0.3 is 5.97 Å². The van der Waals surface area contributed by atoms with E-state index in [1.807, 2.05) is 49.4 Å². The summed E-state index contributed by atoms with van der Waals surface area (Å²) in [6.07, 6.45) is 0. The van der Waals surface area contributed by atoms with Crippen LogP contribution in [0.3, 0.4) is 0 Å². The van der Waals surface area contributed by atoms with Crippen molar-refractivity contribution >= 4 is 23.5 Å². The molecule has 2 amide bonds. The van der Waals surface area contributed by atoms with Gasteiger partial charge in [0, 0.05) is 12.1 Å². The number of benzene rings is 3. The summed E-state index contributed by atoms with van der Waals surface area (Å²) in [4.78, 5) is 38.5. The van der Waals surface area contributed by atoms with Crippen molar-refractivity contribution in [3.05, 3.63) is 82.9 Å². The van der Waals surface area contributed by atoms with Crippen molar-refractivity contribution in [3.63, 3.8) is 0 Å². The Bertz CT molecular complexity index is 1220. The number of fused-ring (bicyclic) bond motifs is 1. The second kappa shape index (κ2) is 8.64. The normalized spacial score (nSPS) is 12.8. The first-order valence-electron chi connectivity index (χ1n) is 10.1. The lowest BCUT2D eigenvalue weighted by Gasteiger charge is -2.19. The molecule has 0 bridgehead atoms. The highest BCUT2D eigenvalue weighted by molar-refractivity contribution is 6.35. The summed E-state index contributed by atoms with van der Waals surface area (Å²) in [6, 6.07) is 18.5. The van der Waals surface area contributed by atoms with Crippen LogP contribution in [-0.4, -0.2) is 36.5 Å². The first-order chi connectivity index (χ1) is 15.4. The number of ether oxygens (including phenoxy) is 1. The maximum Gasteiger partial charge on any atom is 0.317 e. The third-order valence-corrected chi connectivity index (χ3v) is 5.51. The number of anilines is 1. The van der Waals surface area contributed by atoms with Gasteiger partial charge in [-0.25, -0.2) is 4.90 Å². The molecule has 3 aromatic carbocycles. The summed E-state index contributed by atoms with van der Waals surface area (Å²) in [5.41, 5.74) is 4.43. The number of nitrogens with zero attached hydrogens (tertiary/aromatic N) is 1. The molecule has 0 aromatic heterocycles. The highest BCUT2D eigenvalue weighted by Crippen LogP contribution is 2.37. The van der Waals surface area contributed by atoms with Gasteiger partial charge in [-0.2, -0.15) is 0 Å². The molecule has 4 rings (SSSR count). The first-order valence-corrected chi connectivity index (χ1v) is 10.1. The van der Waals surface area contributed by atoms with Crippen molar-refractivity contribution in [3.8, 4) is 16.9 Å². The van der Waals surface area contributed by atoms with Crippen LogP contribution < -0.4 is 15.0 Å². The Morgan fingerprint density at radius 3 is 2.31 bits per heavy atom. The zero-order chi connectivity index (χ0) is 22.8. The van der Waals surface area contributed by atoms with E-state index in [-0.39, 0.29) is 24.2 Å². The van der Waals surface area contributed by atoms with E-state index in [0.29, 0.717) is 17.0 Å². The van der Waals surface area contributed by atoms with Gasteiger partial charge in [-0.15, -0.1) is 0 Å². The number of amides is 2. The fourth-order valence-electron chi connectivity index (χ4n) is 3.96. The summed E-state index contributed by atoms with van der Waals surface area (Å²) in [6.45, 7) is 1.85. The summed E-state index contributed by atoms with van der Waals surface area (Å²) in [5.74, 6) is -1.40. The van der Waals surface area contributed by atoms with E-state index >= 15 is 0 Å². The Labute approximate surface area is 185 Å². The number of carbonyl (C=O) groups is 3. The summed E-state index contributed by atoms with van der Waals surface area (Å²) in [7, 11) is 1.47. The Kier molecular flexibility index (Phi) is 5.75. The molecule has 3 aromatic rings. The molecule has 0 aliphatic carbocycles. The van der Waals surface area contributed by atoms with Gasteiger partial charge in [-0.3, -0.25) is 14.4 Å². The zero-order valence-electron chi connectivity index (χ0n) is 17.7. The number of imide groups is 1. The van der Waals surface area contributed by atoms with Gasteiger partial charge in [-0.05, 0) is 41.8 Å². The molecule has 1 heterocycles. The minimum Gasteiger partial charge on any atom is -0.496 e. The van der Waals surface area contributed by atoms with Crippen LogP contribution in [0.5, 0.6) is 5.75 Å². The number of carboxylic acid groups (broad SMARTS) is 1. The lowest BCUT2D eigenvalue weighted by atomic mass is 9.99. The molecule has 0 spiro atoms. The van der Waals surface area contributed by atoms with E-state index in [4.69, 9.17) is 9.84 Å². The van der Waals surface area contributed by atoms with Crippen molar-refractivity contribution in [1.82, 2.24) is 5.32 Å².